The maximum absolute atomic E-state index is 12.8. The standard InChI is InChI=1S/C26H28ClN3O3/c27-22-23(26(33)30(25(22)32)17-19-8-4-3-5-9-19)28-16-18-12-14-20(15-13-18)24(31)29-21-10-6-1-2-7-11-21/h3-5,8-9,12-15,21,28H,1-2,6-7,10-11,16-17H2,(H,29,31). The van der Waals surface area contributed by atoms with Crippen molar-refractivity contribution in [2.24, 2.45) is 0 Å². The van der Waals surface area contributed by atoms with Crippen molar-refractivity contribution in [3.63, 3.8) is 0 Å². The van der Waals surface area contributed by atoms with Gasteiger partial charge < -0.3 is 10.6 Å². The summed E-state index contributed by atoms with van der Waals surface area (Å²) in [6.45, 7) is 0.485. The van der Waals surface area contributed by atoms with Crippen LogP contribution in [0.5, 0.6) is 0 Å². The van der Waals surface area contributed by atoms with Crippen LogP contribution in [0.15, 0.2) is 65.3 Å². The van der Waals surface area contributed by atoms with Gasteiger partial charge in [-0.15, -0.1) is 0 Å². The number of amides is 3. The minimum atomic E-state index is -0.501. The van der Waals surface area contributed by atoms with E-state index < -0.39 is 11.8 Å². The Morgan fingerprint density at radius 1 is 0.879 bits per heavy atom. The van der Waals surface area contributed by atoms with Gasteiger partial charge in [0.05, 0.1) is 6.54 Å². The Morgan fingerprint density at radius 3 is 2.21 bits per heavy atom. The number of carbonyl (C=O) groups excluding carboxylic acids is 3. The SMILES string of the molecule is O=C(NC1CCCCCC1)c1ccc(CNC2=C(Cl)C(=O)N(Cc3ccccc3)C2=O)cc1. The maximum atomic E-state index is 12.8. The maximum Gasteiger partial charge on any atom is 0.278 e. The lowest BCUT2D eigenvalue weighted by Crippen LogP contribution is -2.34. The summed E-state index contributed by atoms with van der Waals surface area (Å²) in [7, 11) is 0. The van der Waals surface area contributed by atoms with Crippen molar-refractivity contribution in [3.05, 3.63) is 82.0 Å². The van der Waals surface area contributed by atoms with Crippen molar-refractivity contribution < 1.29 is 14.4 Å². The molecule has 0 spiro atoms. The normalized spacial score (nSPS) is 17.3. The number of halogens is 1. The van der Waals surface area contributed by atoms with E-state index >= 15 is 0 Å². The van der Waals surface area contributed by atoms with E-state index in [1.807, 2.05) is 42.5 Å². The van der Waals surface area contributed by atoms with Gasteiger partial charge in [-0.3, -0.25) is 19.3 Å². The molecule has 0 bridgehead atoms. The summed E-state index contributed by atoms with van der Waals surface area (Å²) < 4.78 is 0. The first-order valence-corrected chi connectivity index (χ1v) is 11.8. The molecule has 2 aromatic rings. The van der Waals surface area contributed by atoms with E-state index in [9.17, 15) is 14.4 Å². The van der Waals surface area contributed by atoms with E-state index in [4.69, 9.17) is 11.6 Å². The molecule has 0 aromatic heterocycles. The summed E-state index contributed by atoms with van der Waals surface area (Å²) in [4.78, 5) is 38.9. The number of nitrogens with zero attached hydrogens (tertiary/aromatic N) is 1. The van der Waals surface area contributed by atoms with Gasteiger partial charge in [-0.25, -0.2) is 0 Å². The molecule has 1 aliphatic heterocycles. The summed E-state index contributed by atoms with van der Waals surface area (Å²) in [6, 6.07) is 16.8. The third kappa shape index (κ3) is 5.63. The summed E-state index contributed by atoms with van der Waals surface area (Å²) in [5, 5.41) is 6.04. The topological polar surface area (TPSA) is 78.5 Å². The molecule has 1 fully saturated rings. The Balaban J connectivity index is 1.33. The minimum Gasteiger partial charge on any atom is -0.375 e. The number of benzene rings is 2. The van der Waals surface area contributed by atoms with Crippen LogP contribution in [-0.4, -0.2) is 28.7 Å². The van der Waals surface area contributed by atoms with Crippen LogP contribution in [0, 0.1) is 0 Å². The number of imide groups is 1. The van der Waals surface area contributed by atoms with Gasteiger partial charge in [0, 0.05) is 18.2 Å². The fraction of sp³-hybridized carbons (Fsp3) is 0.346. The van der Waals surface area contributed by atoms with Crippen LogP contribution in [0.4, 0.5) is 0 Å². The number of nitrogens with one attached hydrogen (secondary N) is 2. The molecule has 4 rings (SSSR count). The second kappa shape index (κ2) is 10.7. The van der Waals surface area contributed by atoms with Crippen molar-refractivity contribution in [1.29, 1.82) is 0 Å². The molecular formula is C26H28ClN3O3. The van der Waals surface area contributed by atoms with Gasteiger partial charge >= 0.3 is 0 Å². The first kappa shape index (κ1) is 23.1. The second-order valence-electron chi connectivity index (χ2n) is 8.58. The third-order valence-electron chi connectivity index (χ3n) is 6.17. The average molecular weight is 466 g/mol. The zero-order valence-corrected chi connectivity index (χ0v) is 19.2. The number of rotatable bonds is 7. The van der Waals surface area contributed by atoms with E-state index in [1.54, 1.807) is 12.1 Å². The zero-order chi connectivity index (χ0) is 23.2. The lowest BCUT2D eigenvalue weighted by molar-refractivity contribution is -0.138. The minimum absolute atomic E-state index is 0.0553. The number of hydrogen-bond acceptors (Lipinski definition) is 4. The molecule has 1 heterocycles. The highest BCUT2D eigenvalue weighted by Crippen LogP contribution is 2.24. The predicted molar refractivity (Wildman–Crippen MR) is 127 cm³/mol. The molecule has 1 saturated carbocycles. The lowest BCUT2D eigenvalue weighted by Gasteiger charge is -2.16. The fourth-order valence-corrected chi connectivity index (χ4v) is 4.52. The molecule has 0 saturated heterocycles. The molecule has 7 heteroatoms. The molecular weight excluding hydrogens is 438 g/mol. The molecule has 6 nitrogen and oxygen atoms in total. The van der Waals surface area contributed by atoms with Crippen LogP contribution in [0.2, 0.25) is 0 Å². The van der Waals surface area contributed by atoms with Crippen molar-refractivity contribution in [3.8, 4) is 0 Å². The van der Waals surface area contributed by atoms with Crippen LogP contribution in [0.1, 0.15) is 60.0 Å². The molecule has 3 amide bonds. The van der Waals surface area contributed by atoms with E-state index in [2.05, 4.69) is 10.6 Å². The first-order valence-electron chi connectivity index (χ1n) is 11.5. The van der Waals surface area contributed by atoms with Gasteiger partial charge in [0.25, 0.3) is 17.7 Å². The van der Waals surface area contributed by atoms with Crippen molar-refractivity contribution >= 4 is 29.3 Å². The van der Waals surface area contributed by atoms with Crippen molar-refractivity contribution in [2.45, 2.75) is 57.7 Å². The van der Waals surface area contributed by atoms with Crippen molar-refractivity contribution in [2.75, 3.05) is 0 Å². The monoisotopic (exact) mass is 465 g/mol. The van der Waals surface area contributed by atoms with E-state index in [0.29, 0.717) is 12.1 Å². The molecule has 0 atom stereocenters. The molecule has 2 aromatic carbocycles. The largest absolute Gasteiger partial charge is 0.375 e. The van der Waals surface area contributed by atoms with E-state index in [1.165, 1.54) is 12.8 Å². The van der Waals surface area contributed by atoms with Crippen LogP contribution in [-0.2, 0) is 22.7 Å². The Bertz CT molecular complexity index is 1040. The van der Waals surface area contributed by atoms with E-state index in [-0.39, 0.29) is 29.2 Å². The fourth-order valence-electron chi connectivity index (χ4n) is 4.27. The Labute approximate surface area is 199 Å². The Kier molecular flexibility index (Phi) is 7.45. The van der Waals surface area contributed by atoms with Gasteiger partial charge in [-0.05, 0) is 36.1 Å². The zero-order valence-electron chi connectivity index (χ0n) is 18.5. The summed E-state index contributed by atoms with van der Waals surface area (Å²) in [5.74, 6) is -0.993. The highest BCUT2D eigenvalue weighted by molar-refractivity contribution is 6.47. The Hall–Kier alpha value is -3.12. The summed E-state index contributed by atoms with van der Waals surface area (Å²) in [6.07, 6.45) is 6.89. The van der Waals surface area contributed by atoms with Gasteiger partial charge in [0.2, 0.25) is 0 Å². The number of hydrogen-bond donors (Lipinski definition) is 2. The highest BCUT2D eigenvalue weighted by Gasteiger charge is 2.37. The molecule has 172 valence electrons. The predicted octanol–water partition coefficient (Wildman–Crippen LogP) is 4.25. The van der Waals surface area contributed by atoms with Crippen LogP contribution < -0.4 is 10.6 Å². The van der Waals surface area contributed by atoms with Gasteiger partial charge in [0.15, 0.2) is 0 Å². The van der Waals surface area contributed by atoms with E-state index in [0.717, 1.165) is 41.7 Å². The molecule has 0 radical (unpaired) electrons. The van der Waals surface area contributed by atoms with Gasteiger partial charge in [-0.1, -0.05) is 79.7 Å². The molecule has 1 aliphatic carbocycles. The van der Waals surface area contributed by atoms with Crippen molar-refractivity contribution in [1.82, 2.24) is 15.5 Å². The lowest BCUT2D eigenvalue weighted by atomic mass is 10.1. The highest BCUT2D eigenvalue weighted by atomic mass is 35.5. The second-order valence-corrected chi connectivity index (χ2v) is 8.96. The third-order valence-corrected chi connectivity index (χ3v) is 6.52. The average Bonchev–Trinajstić information content (AvgIpc) is 3.02. The smallest absolute Gasteiger partial charge is 0.278 e. The first-order chi connectivity index (χ1) is 16.0. The van der Waals surface area contributed by atoms with Gasteiger partial charge in [0.1, 0.15) is 10.7 Å². The van der Waals surface area contributed by atoms with Crippen LogP contribution in [0.3, 0.4) is 0 Å². The summed E-state index contributed by atoms with van der Waals surface area (Å²) >= 11 is 6.17. The molecule has 0 unspecified atom stereocenters. The quantitative estimate of drug-likeness (QED) is 0.473. The molecule has 2 aliphatic rings. The molecule has 2 N–H and O–H groups in total. The van der Waals surface area contributed by atoms with Crippen LogP contribution in [0.25, 0.3) is 0 Å². The number of carbonyl (C=O) groups is 3. The van der Waals surface area contributed by atoms with Crippen LogP contribution >= 0.6 is 11.6 Å². The Morgan fingerprint density at radius 2 is 1.55 bits per heavy atom. The molecule has 33 heavy (non-hydrogen) atoms. The summed E-state index contributed by atoms with van der Waals surface area (Å²) in [5.41, 5.74) is 2.44. The van der Waals surface area contributed by atoms with Gasteiger partial charge in [-0.2, -0.15) is 0 Å².